The van der Waals surface area contributed by atoms with E-state index < -0.39 is 0 Å². The quantitative estimate of drug-likeness (QED) is 0.796. The SMILES string of the molecule is Cc1cc2c(N3CCN4CCCC4C3)nccc2s1. The van der Waals surface area contributed by atoms with Crippen LogP contribution in [0.4, 0.5) is 5.82 Å². The summed E-state index contributed by atoms with van der Waals surface area (Å²) in [4.78, 5) is 11.2. The molecule has 0 aromatic carbocycles. The first-order chi connectivity index (χ1) is 9.31. The Morgan fingerprint density at radius 2 is 2.26 bits per heavy atom. The molecule has 0 N–H and O–H groups in total. The highest BCUT2D eigenvalue weighted by Gasteiger charge is 2.31. The van der Waals surface area contributed by atoms with E-state index in [1.807, 2.05) is 17.5 Å². The molecule has 3 nitrogen and oxygen atoms in total. The number of nitrogens with zero attached hydrogens (tertiary/aromatic N) is 3. The van der Waals surface area contributed by atoms with Crippen LogP contribution in [0.3, 0.4) is 0 Å². The Kier molecular flexibility index (Phi) is 2.74. The lowest BCUT2D eigenvalue weighted by Crippen LogP contribution is -2.50. The summed E-state index contributed by atoms with van der Waals surface area (Å²) in [7, 11) is 0. The third-order valence-electron chi connectivity index (χ3n) is 4.43. The summed E-state index contributed by atoms with van der Waals surface area (Å²) in [6, 6.07) is 5.19. The van der Waals surface area contributed by atoms with Crippen LogP contribution in [0, 0.1) is 6.92 Å². The van der Waals surface area contributed by atoms with Gasteiger partial charge < -0.3 is 4.90 Å². The van der Waals surface area contributed by atoms with Crippen molar-refractivity contribution in [3.8, 4) is 0 Å². The van der Waals surface area contributed by atoms with Gasteiger partial charge in [-0.25, -0.2) is 4.98 Å². The average molecular weight is 273 g/mol. The van der Waals surface area contributed by atoms with Crippen LogP contribution >= 0.6 is 11.3 Å². The fourth-order valence-corrected chi connectivity index (χ4v) is 4.42. The molecule has 0 saturated carbocycles. The summed E-state index contributed by atoms with van der Waals surface area (Å²) >= 11 is 1.87. The van der Waals surface area contributed by atoms with Gasteiger partial charge in [0.2, 0.25) is 0 Å². The van der Waals surface area contributed by atoms with E-state index >= 15 is 0 Å². The van der Waals surface area contributed by atoms with Gasteiger partial charge in [0.25, 0.3) is 0 Å². The van der Waals surface area contributed by atoms with Crippen LogP contribution < -0.4 is 4.90 Å². The average Bonchev–Trinajstić information content (AvgIpc) is 3.01. The first-order valence-corrected chi connectivity index (χ1v) is 7.97. The van der Waals surface area contributed by atoms with Crippen molar-refractivity contribution >= 4 is 27.2 Å². The smallest absolute Gasteiger partial charge is 0.137 e. The zero-order valence-electron chi connectivity index (χ0n) is 11.3. The van der Waals surface area contributed by atoms with Crippen molar-refractivity contribution < 1.29 is 0 Å². The van der Waals surface area contributed by atoms with Gasteiger partial charge in [-0.15, -0.1) is 11.3 Å². The van der Waals surface area contributed by atoms with Crippen LogP contribution in [-0.4, -0.2) is 42.1 Å². The van der Waals surface area contributed by atoms with Gasteiger partial charge in [0.1, 0.15) is 5.82 Å². The van der Waals surface area contributed by atoms with Gasteiger partial charge in [-0.05, 0) is 38.4 Å². The maximum atomic E-state index is 4.67. The maximum absolute atomic E-state index is 4.67. The Balaban J connectivity index is 1.70. The summed E-state index contributed by atoms with van der Waals surface area (Å²) in [5.74, 6) is 1.20. The number of aryl methyl sites for hydroxylation is 1. The molecule has 0 spiro atoms. The van der Waals surface area contributed by atoms with Crippen LogP contribution in [0.25, 0.3) is 10.1 Å². The second kappa shape index (κ2) is 4.46. The third-order valence-corrected chi connectivity index (χ3v) is 5.45. The van der Waals surface area contributed by atoms with E-state index in [1.165, 1.54) is 46.7 Å². The number of aromatic nitrogens is 1. The second-order valence-corrected chi connectivity index (χ2v) is 6.97. The number of thiophene rings is 1. The molecule has 1 unspecified atom stereocenters. The molecule has 0 radical (unpaired) electrons. The Hall–Kier alpha value is -1.13. The molecule has 0 aliphatic carbocycles. The summed E-state index contributed by atoms with van der Waals surface area (Å²) in [5.41, 5.74) is 0. The van der Waals surface area contributed by atoms with Gasteiger partial charge in [0, 0.05) is 46.8 Å². The fraction of sp³-hybridized carbons (Fsp3) is 0.533. The van der Waals surface area contributed by atoms with Crippen molar-refractivity contribution in [2.75, 3.05) is 31.1 Å². The predicted octanol–water partition coefficient (Wildman–Crippen LogP) is 2.89. The van der Waals surface area contributed by atoms with E-state index in [1.54, 1.807) is 0 Å². The van der Waals surface area contributed by atoms with Gasteiger partial charge in [0.15, 0.2) is 0 Å². The number of fused-ring (bicyclic) bond motifs is 2. The lowest BCUT2D eigenvalue weighted by molar-refractivity contribution is 0.230. The molecule has 2 aromatic rings. The molecule has 19 heavy (non-hydrogen) atoms. The Bertz CT molecular complexity index is 606. The number of hydrogen-bond acceptors (Lipinski definition) is 4. The van der Waals surface area contributed by atoms with E-state index in [-0.39, 0.29) is 0 Å². The lowest BCUT2D eigenvalue weighted by atomic mass is 10.1. The molecule has 2 aliphatic heterocycles. The zero-order chi connectivity index (χ0) is 12.8. The Morgan fingerprint density at radius 1 is 1.32 bits per heavy atom. The van der Waals surface area contributed by atoms with Crippen molar-refractivity contribution in [1.82, 2.24) is 9.88 Å². The highest BCUT2D eigenvalue weighted by molar-refractivity contribution is 7.19. The van der Waals surface area contributed by atoms with Crippen molar-refractivity contribution in [3.05, 3.63) is 23.2 Å². The molecular weight excluding hydrogens is 254 g/mol. The summed E-state index contributed by atoms with van der Waals surface area (Å²) in [6.45, 7) is 6.96. The highest BCUT2D eigenvalue weighted by Crippen LogP contribution is 2.33. The monoisotopic (exact) mass is 273 g/mol. The molecule has 2 saturated heterocycles. The van der Waals surface area contributed by atoms with E-state index in [9.17, 15) is 0 Å². The topological polar surface area (TPSA) is 19.4 Å². The van der Waals surface area contributed by atoms with Gasteiger partial charge in [-0.2, -0.15) is 0 Å². The number of rotatable bonds is 1. The van der Waals surface area contributed by atoms with Crippen molar-refractivity contribution in [2.45, 2.75) is 25.8 Å². The maximum Gasteiger partial charge on any atom is 0.137 e. The van der Waals surface area contributed by atoms with E-state index in [0.717, 1.165) is 19.1 Å². The van der Waals surface area contributed by atoms with E-state index in [0.29, 0.717) is 0 Å². The first-order valence-electron chi connectivity index (χ1n) is 7.15. The minimum Gasteiger partial charge on any atom is -0.353 e. The highest BCUT2D eigenvalue weighted by atomic mass is 32.1. The molecule has 2 aliphatic rings. The normalized spacial score (nSPS) is 24.1. The van der Waals surface area contributed by atoms with Gasteiger partial charge in [0.05, 0.1) is 0 Å². The third kappa shape index (κ3) is 1.94. The van der Waals surface area contributed by atoms with Crippen molar-refractivity contribution in [3.63, 3.8) is 0 Å². The largest absolute Gasteiger partial charge is 0.353 e. The molecule has 4 rings (SSSR count). The minimum absolute atomic E-state index is 0.755. The van der Waals surface area contributed by atoms with Gasteiger partial charge >= 0.3 is 0 Å². The standard InChI is InChI=1S/C15H19N3S/c1-11-9-13-14(19-11)4-5-16-15(13)18-8-7-17-6-2-3-12(17)10-18/h4-5,9,12H,2-3,6-8,10H2,1H3. The fourth-order valence-electron chi connectivity index (χ4n) is 3.51. The van der Waals surface area contributed by atoms with Crippen LogP contribution in [0.5, 0.6) is 0 Å². The van der Waals surface area contributed by atoms with Crippen LogP contribution in [-0.2, 0) is 0 Å². The number of hydrogen-bond donors (Lipinski definition) is 0. The lowest BCUT2D eigenvalue weighted by Gasteiger charge is -2.38. The molecule has 2 fully saturated rings. The van der Waals surface area contributed by atoms with E-state index in [4.69, 9.17) is 0 Å². The van der Waals surface area contributed by atoms with E-state index in [2.05, 4.69) is 33.8 Å². The van der Waals surface area contributed by atoms with Gasteiger partial charge in [-0.3, -0.25) is 4.90 Å². The number of piperazine rings is 1. The molecule has 4 heteroatoms. The molecule has 2 aromatic heterocycles. The number of anilines is 1. The molecule has 4 heterocycles. The molecule has 0 amide bonds. The van der Waals surface area contributed by atoms with Gasteiger partial charge in [-0.1, -0.05) is 0 Å². The summed E-state index contributed by atoms with van der Waals surface area (Å²) in [6.07, 6.45) is 4.69. The Morgan fingerprint density at radius 3 is 3.21 bits per heavy atom. The van der Waals surface area contributed by atoms with Crippen molar-refractivity contribution in [2.24, 2.45) is 0 Å². The van der Waals surface area contributed by atoms with Crippen LogP contribution in [0.1, 0.15) is 17.7 Å². The summed E-state index contributed by atoms with van der Waals surface area (Å²) in [5, 5.41) is 1.34. The van der Waals surface area contributed by atoms with Crippen LogP contribution in [0.15, 0.2) is 18.3 Å². The predicted molar refractivity (Wildman–Crippen MR) is 81.2 cm³/mol. The zero-order valence-corrected chi connectivity index (χ0v) is 12.1. The molecule has 0 bridgehead atoms. The van der Waals surface area contributed by atoms with Crippen molar-refractivity contribution in [1.29, 1.82) is 0 Å². The molecule has 1 atom stereocenters. The minimum atomic E-state index is 0.755. The molecular formula is C15H19N3S. The summed E-state index contributed by atoms with van der Waals surface area (Å²) < 4.78 is 1.37. The Labute approximate surface area is 117 Å². The molecule has 100 valence electrons. The first kappa shape index (κ1) is 11.7. The number of pyridine rings is 1. The second-order valence-electron chi connectivity index (χ2n) is 5.68. The van der Waals surface area contributed by atoms with Crippen LogP contribution in [0.2, 0.25) is 0 Å².